The number of nitrogens with zero attached hydrogens (tertiary/aromatic N) is 2. The average molecular weight is 565 g/mol. The standard InChI is InChI=1S/C30H42B2FN3O5/c1-19(38)15-35(18-29(2,3)4)16-20-9-6-11-23(26(20)33)30(31,32)41-25-13-7-10-21-22(25)17-36(28(21)40)24(12-8-14-37)27(39)34-5/h6-7,9-11,13-14,19,24,38H,8,12,15-18,31-32H2,1-5H3,(H,34,39). The Labute approximate surface area is 244 Å². The number of nitrogens with one attached hydrogen (secondary N) is 1. The largest absolute Gasteiger partial charge is 0.501 e. The molecule has 1 aliphatic heterocycles. The summed E-state index contributed by atoms with van der Waals surface area (Å²) < 4.78 is 22.5. The van der Waals surface area contributed by atoms with Crippen molar-refractivity contribution in [2.24, 2.45) is 5.41 Å². The number of aliphatic hydroxyl groups is 1. The first-order chi connectivity index (χ1) is 19.2. The van der Waals surface area contributed by atoms with Crippen molar-refractivity contribution < 1.29 is 28.6 Å². The van der Waals surface area contributed by atoms with Gasteiger partial charge in [0, 0.05) is 55.4 Å². The van der Waals surface area contributed by atoms with Crippen molar-refractivity contribution in [3.63, 3.8) is 0 Å². The van der Waals surface area contributed by atoms with Crippen molar-refractivity contribution >= 4 is 33.8 Å². The van der Waals surface area contributed by atoms with E-state index < -0.39 is 17.5 Å². The number of amides is 2. The van der Waals surface area contributed by atoms with E-state index in [1.165, 1.54) is 11.9 Å². The third-order valence-corrected chi connectivity index (χ3v) is 7.14. The van der Waals surface area contributed by atoms with Gasteiger partial charge in [0.25, 0.3) is 5.91 Å². The molecular formula is C30H42B2FN3O5. The van der Waals surface area contributed by atoms with Crippen LogP contribution in [0.25, 0.3) is 0 Å². The minimum Gasteiger partial charge on any atom is -0.501 e. The quantitative estimate of drug-likeness (QED) is 0.283. The maximum Gasteiger partial charge on any atom is 0.255 e. The molecule has 0 bridgehead atoms. The van der Waals surface area contributed by atoms with Crippen LogP contribution >= 0.6 is 0 Å². The lowest BCUT2D eigenvalue weighted by molar-refractivity contribution is -0.125. The summed E-state index contributed by atoms with van der Waals surface area (Å²) >= 11 is 0. The Morgan fingerprint density at radius 3 is 2.54 bits per heavy atom. The number of carbonyl (C=O) groups is 3. The summed E-state index contributed by atoms with van der Waals surface area (Å²) in [5.41, 5.74) is 1.89. The van der Waals surface area contributed by atoms with Crippen molar-refractivity contribution in [3.8, 4) is 5.75 Å². The molecule has 0 aliphatic carbocycles. The van der Waals surface area contributed by atoms with E-state index in [2.05, 4.69) is 31.0 Å². The SMILES string of the molecule is BC(B)(Oc1cccc2c1CN(C(CCC=O)C(=O)NC)C2=O)c1cccc(CN(CC(C)O)CC(C)(C)C)c1F. The lowest BCUT2D eigenvalue weighted by Gasteiger charge is -2.32. The van der Waals surface area contributed by atoms with Gasteiger partial charge in [0.2, 0.25) is 5.91 Å². The summed E-state index contributed by atoms with van der Waals surface area (Å²) in [6.07, 6.45) is 0.543. The van der Waals surface area contributed by atoms with E-state index in [1.807, 2.05) is 0 Å². The van der Waals surface area contributed by atoms with Crippen molar-refractivity contribution in [1.82, 2.24) is 15.1 Å². The number of aliphatic hydroxyl groups excluding tert-OH is 1. The van der Waals surface area contributed by atoms with Gasteiger partial charge in [0.1, 0.15) is 23.9 Å². The van der Waals surface area contributed by atoms with Gasteiger partial charge in [-0.05, 0) is 30.9 Å². The van der Waals surface area contributed by atoms with Crippen LogP contribution in [0.5, 0.6) is 5.75 Å². The van der Waals surface area contributed by atoms with Crippen molar-refractivity contribution in [1.29, 1.82) is 0 Å². The fraction of sp³-hybridized carbons (Fsp3) is 0.500. The molecule has 2 aromatic carbocycles. The van der Waals surface area contributed by atoms with Gasteiger partial charge in [-0.3, -0.25) is 14.5 Å². The molecule has 2 atom stereocenters. The third kappa shape index (κ3) is 7.98. The number of hydrogen-bond donors (Lipinski definition) is 2. The summed E-state index contributed by atoms with van der Waals surface area (Å²) in [5.74, 6) is -0.595. The van der Waals surface area contributed by atoms with Crippen LogP contribution in [0.2, 0.25) is 0 Å². The van der Waals surface area contributed by atoms with Gasteiger partial charge >= 0.3 is 0 Å². The number of fused-ring (bicyclic) bond motifs is 1. The molecule has 2 aromatic rings. The van der Waals surface area contributed by atoms with Crippen LogP contribution in [0.15, 0.2) is 36.4 Å². The molecule has 0 saturated carbocycles. The van der Waals surface area contributed by atoms with Gasteiger partial charge in [-0.25, -0.2) is 4.39 Å². The van der Waals surface area contributed by atoms with E-state index in [0.29, 0.717) is 47.6 Å². The first-order valence-electron chi connectivity index (χ1n) is 14.1. The van der Waals surface area contributed by atoms with Crippen molar-refractivity contribution in [3.05, 3.63) is 64.5 Å². The molecule has 0 radical (unpaired) electrons. The minimum absolute atomic E-state index is 0.0333. The number of ether oxygens (including phenoxy) is 1. The van der Waals surface area contributed by atoms with Gasteiger partial charge in [-0.15, -0.1) is 0 Å². The zero-order valence-electron chi connectivity index (χ0n) is 25.3. The number of benzene rings is 2. The van der Waals surface area contributed by atoms with Crippen LogP contribution in [0.1, 0.15) is 67.6 Å². The Morgan fingerprint density at radius 1 is 1.24 bits per heavy atom. The molecule has 0 aromatic heterocycles. The maximum absolute atomic E-state index is 16.0. The molecule has 1 aliphatic rings. The van der Waals surface area contributed by atoms with Gasteiger partial charge in [0.15, 0.2) is 15.7 Å². The number of carbonyl (C=O) groups excluding carboxylic acids is 3. The van der Waals surface area contributed by atoms with Crippen LogP contribution < -0.4 is 10.1 Å². The molecule has 2 N–H and O–H groups in total. The Kier molecular flexibility index (Phi) is 10.4. The zero-order chi connectivity index (χ0) is 30.5. The summed E-state index contributed by atoms with van der Waals surface area (Å²) in [7, 11) is 5.06. The lowest BCUT2D eigenvalue weighted by Crippen LogP contribution is -2.46. The molecule has 8 nitrogen and oxygen atoms in total. The van der Waals surface area contributed by atoms with E-state index in [0.717, 1.165) is 6.29 Å². The monoisotopic (exact) mass is 565 g/mol. The van der Waals surface area contributed by atoms with Crippen molar-refractivity contribution in [2.75, 3.05) is 20.1 Å². The first-order valence-corrected chi connectivity index (χ1v) is 14.1. The van der Waals surface area contributed by atoms with Gasteiger partial charge < -0.3 is 24.9 Å². The smallest absolute Gasteiger partial charge is 0.255 e. The second-order valence-electron chi connectivity index (χ2n) is 12.6. The van der Waals surface area contributed by atoms with Crippen LogP contribution in [0.4, 0.5) is 4.39 Å². The molecule has 41 heavy (non-hydrogen) atoms. The molecule has 2 amide bonds. The average Bonchev–Trinajstić information content (AvgIpc) is 3.20. The summed E-state index contributed by atoms with van der Waals surface area (Å²) in [6, 6.07) is 9.60. The molecule has 0 saturated heterocycles. The molecule has 0 spiro atoms. The normalized spacial score (nSPS) is 15.0. The van der Waals surface area contributed by atoms with E-state index in [4.69, 9.17) is 4.74 Å². The highest BCUT2D eigenvalue weighted by atomic mass is 19.1. The van der Waals surface area contributed by atoms with Gasteiger partial charge in [-0.2, -0.15) is 0 Å². The fourth-order valence-electron chi connectivity index (χ4n) is 5.46. The van der Waals surface area contributed by atoms with E-state index >= 15 is 4.39 Å². The molecule has 1 heterocycles. The predicted molar refractivity (Wildman–Crippen MR) is 162 cm³/mol. The second kappa shape index (κ2) is 13.2. The highest BCUT2D eigenvalue weighted by Crippen LogP contribution is 2.36. The van der Waals surface area contributed by atoms with Crippen LogP contribution in [0, 0.1) is 11.2 Å². The van der Waals surface area contributed by atoms with Crippen LogP contribution in [-0.4, -0.2) is 81.0 Å². The summed E-state index contributed by atoms with van der Waals surface area (Å²) in [4.78, 5) is 40.4. The highest BCUT2D eigenvalue weighted by molar-refractivity contribution is 6.39. The van der Waals surface area contributed by atoms with E-state index in [1.54, 1.807) is 59.0 Å². The molecule has 2 unspecified atom stereocenters. The Morgan fingerprint density at radius 2 is 1.93 bits per heavy atom. The highest BCUT2D eigenvalue weighted by Gasteiger charge is 2.38. The van der Waals surface area contributed by atoms with E-state index in [9.17, 15) is 19.5 Å². The number of hydrogen-bond acceptors (Lipinski definition) is 6. The lowest BCUT2D eigenvalue weighted by atomic mass is 9.60. The maximum atomic E-state index is 16.0. The molecular weight excluding hydrogens is 523 g/mol. The Bertz CT molecular complexity index is 1270. The predicted octanol–water partition coefficient (Wildman–Crippen LogP) is 1.56. The molecule has 3 rings (SSSR count). The Balaban J connectivity index is 1.90. The number of aldehydes is 1. The summed E-state index contributed by atoms with van der Waals surface area (Å²) in [6.45, 7) is 9.63. The minimum atomic E-state index is -1.09. The van der Waals surface area contributed by atoms with Crippen LogP contribution in [-0.2, 0) is 28.1 Å². The molecule has 220 valence electrons. The van der Waals surface area contributed by atoms with Gasteiger partial charge in [0.05, 0.1) is 18.0 Å². The number of likely N-dealkylation sites (N-methyl/N-ethyl adjacent to an activating group) is 1. The van der Waals surface area contributed by atoms with Crippen LogP contribution in [0.3, 0.4) is 0 Å². The van der Waals surface area contributed by atoms with Gasteiger partial charge in [-0.1, -0.05) is 45.0 Å². The fourth-order valence-corrected chi connectivity index (χ4v) is 5.46. The first kappa shape index (κ1) is 32.3. The second-order valence-corrected chi connectivity index (χ2v) is 12.6. The van der Waals surface area contributed by atoms with Crippen molar-refractivity contribution in [2.45, 2.75) is 71.2 Å². The Hall–Kier alpha value is -3.17. The zero-order valence-corrected chi connectivity index (χ0v) is 25.3. The van der Waals surface area contributed by atoms with E-state index in [-0.39, 0.29) is 42.4 Å². The summed E-state index contributed by atoms with van der Waals surface area (Å²) in [5, 5.41) is 11.5. The molecule has 11 heteroatoms. The topological polar surface area (TPSA) is 99.2 Å². The number of halogens is 1. The molecule has 0 fully saturated rings. The number of rotatable bonds is 13. The third-order valence-electron chi connectivity index (χ3n) is 7.14.